The Hall–Kier alpha value is -1.44. The quantitative estimate of drug-likeness (QED) is 0.653. The molecule has 0 aliphatic rings. The van der Waals surface area contributed by atoms with Crippen LogP contribution in [0.3, 0.4) is 0 Å². The van der Waals surface area contributed by atoms with Crippen molar-refractivity contribution < 1.29 is 13.2 Å². The van der Waals surface area contributed by atoms with E-state index in [4.69, 9.17) is 5.73 Å². The van der Waals surface area contributed by atoms with Crippen LogP contribution in [-0.2, 0) is 21.4 Å². The monoisotopic (exact) mass is 271 g/mol. The predicted octanol–water partition coefficient (Wildman–Crippen LogP) is -0.440. The summed E-state index contributed by atoms with van der Waals surface area (Å²) < 4.78 is 25.7. The minimum Gasteiger partial charge on any atom is -0.351 e. The molecule has 4 N–H and O–H groups in total. The Bertz CT molecular complexity index is 497. The van der Waals surface area contributed by atoms with Gasteiger partial charge in [0, 0.05) is 13.1 Å². The third-order valence-electron chi connectivity index (χ3n) is 2.24. The average molecular weight is 271 g/mol. The highest BCUT2D eigenvalue weighted by Gasteiger charge is 2.11. The summed E-state index contributed by atoms with van der Waals surface area (Å²) >= 11 is 0. The largest absolute Gasteiger partial charge is 0.351 e. The number of amides is 1. The van der Waals surface area contributed by atoms with Crippen LogP contribution in [-0.4, -0.2) is 27.4 Å². The summed E-state index contributed by atoms with van der Waals surface area (Å²) in [5, 5.41) is 2.60. The van der Waals surface area contributed by atoms with E-state index in [0.29, 0.717) is 13.1 Å². The van der Waals surface area contributed by atoms with Crippen LogP contribution in [0.15, 0.2) is 29.2 Å². The Balaban J connectivity index is 2.71. The Labute approximate surface area is 107 Å². The molecule has 0 heterocycles. The Kier molecular flexibility index (Phi) is 5.26. The molecule has 0 aliphatic carbocycles. The van der Waals surface area contributed by atoms with Gasteiger partial charge in [-0.25, -0.2) is 13.1 Å². The van der Waals surface area contributed by atoms with E-state index < -0.39 is 10.0 Å². The zero-order chi connectivity index (χ0) is 13.6. The van der Waals surface area contributed by atoms with E-state index >= 15 is 0 Å². The number of hydrogen-bond acceptors (Lipinski definition) is 4. The van der Waals surface area contributed by atoms with Gasteiger partial charge in [0.15, 0.2) is 0 Å². The van der Waals surface area contributed by atoms with Crippen molar-refractivity contribution in [2.45, 2.75) is 18.4 Å². The Morgan fingerprint density at radius 2 is 1.89 bits per heavy atom. The van der Waals surface area contributed by atoms with Gasteiger partial charge in [-0.1, -0.05) is 19.1 Å². The van der Waals surface area contributed by atoms with Gasteiger partial charge in [0.2, 0.25) is 15.9 Å². The first-order chi connectivity index (χ1) is 8.49. The molecule has 0 radical (unpaired) electrons. The number of benzene rings is 1. The Morgan fingerprint density at radius 3 is 2.39 bits per heavy atom. The molecule has 1 rings (SSSR count). The van der Waals surface area contributed by atoms with Gasteiger partial charge in [-0.05, 0) is 17.7 Å². The molecule has 0 fully saturated rings. The molecule has 0 saturated carbocycles. The van der Waals surface area contributed by atoms with E-state index in [1.54, 1.807) is 19.1 Å². The van der Waals surface area contributed by atoms with Crippen LogP contribution < -0.4 is 15.8 Å². The third-order valence-corrected chi connectivity index (χ3v) is 3.80. The summed E-state index contributed by atoms with van der Waals surface area (Å²) in [4.78, 5) is 11.2. The van der Waals surface area contributed by atoms with Crippen molar-refractivity contribution in [2.24, 2.45) is 5.73 Å². The molecule has 100 valence electrons. The van der Waals surface area contributed by atoms with E-state index in [0.717, 1.165) is 5.56 Å². The van der Waals surface area contributed by atoms with Crippen LogP contribution in [0.25, 0.3) is 0 Å². The van der Waals surface area contributed by atoms with Gasteiger partial charge >= 0.3 is 0 Å². The van der Waals surface area contributed by atoms with Gasteiger partial charge in [-0.15, -0.1) is 0 Å². The van der Waals surface area contributed by atoms with Crippen molar-refractivity contribution in [2.75, 3.05) is 13.1 Å². The normalized spacial score (nSPS) is 11.2. The van der Waals surface area contributed by atoms with Crippen LogP contribution in [0.5, 0.6) is 0 Å². The summed E-state index contributed by atoms with van der Waals surface area (Å²) in [6.45, 7) is 2.33. The maximum atomic E-state index is 11.7. The van der Waals surface area contributed by atoms with E-state index in [1.165, 1.54) is 12.1 Å². The second-order valence-electron chi connectivity index (χ2n) is 3.63. The molecule has 7 heteroatoms. The van der Waals surface area contributed by atoms with Crippen LogP contribution in [0.4, 0.5) is 0 Å². The van der Waals surface area contributed by atoms with Crippen LogP contribution in [0.2, 0.25) is 0 Å². The van der Waals surface area contributed by atoms with Crippen LogP contribution in [0, 0.1) is 0 Å². The van der Waals surface area contributed by atoms with Gasteiger partial charge in [0.05, 0.1) is 11.4 Å². The summed E-state index contributed by atoms with van der Waals surface area (Å²) in [5.74, 6) is -0.251. The number of hydrogen-bond donors (Lipinski definition) is 3. The number of sulfonamides is 1. The van der Waals surface area contributed by atoms with Crippen molar-refractivity contribution in [3.05, 3.63) is 29.8 Å². The number of rotatable bonds is 6. The van der Waals surface area contributed by atoms with Gasteiger partial charge in [-0.2, -0.15) is 0 Å². The SMILES string of the molecule is CCNS(=O)(=O)c1ccc(CNC(=O)CN)cc1. The lowest BCUT2D eigenvalue weighted by Crippen LogP contribution is -2.29. The molecule has 0 atom stereocenters. The highest BCUT2D eigenvalue weighted by molar-refractivity contribution is 7.89. The van der Waals surface area contributed by atoms with E-state index in [1.807, 2.05) is 0 Å². The van der Waals surface area contributed by atoms with E-state index in [2.05, 4.69) is 10.0 Å². The lowest BCUT2D eigenvalue weighted by Gasteiger charge is -2.06. The van der Waals surface area contributed by atoms with Crippen LogP contribution in [0.1, 0.15) is 12.5 Å². The van der Waals surface area contributed by atoms with Crippen molar-refractivity contribution in [3.63, 3.8) is 0 Å². The third kappa shape index (κ3) is 4.10. The van der Waals surface area contributed by atoms with E-state index in [9.17, 15) is 13.2 Å². The van der Waals surface area contributed by atoms with Crippen LogP contribution >= 0.6 is 0 Å². The van der Waals surface area contributed by atoms with Gasteiger partial charge in [0.25, 0.3) is 0 Å². The topological polar surface area (TPSA) is 101 Å². The fourth-order valence-electron chi connectivity index (χ4n) is 1.33. The summed E-state index contributed by atoms with van der Waals surface area (Å²) in [5.41, 5.74) is 5.96. The predicted molar refractivity (Wildman–Crippen MR) is 68.2 cm³/mol. The van der Waals surface area contributed by atoms with Crippen molar-refractivity contribution in [1.82, 2.24) is 10.0 Å². The molecule has 0 spiro atoms. The van der Waals surface area contributed by atoms with Gasteiger partial charge in [-0.3, -0.25) is 4.79 Å². The number of carbonyl (C=O) groups is 1. The summed E-state index contributed by atoms with van der Waals surface area (Å²) in [6.07, 6.45) is 0. The molecular formula is C11H17N3O3S. The lowest BCUT2D eigenvalue weighted by atomic mass is 10.2. The average Bonchev–Trinajstić information content (AvgIpc) is 2.36. The molecule has 1 amide bonds. The first-order valence-electron chi connectivity index (χ1n) is 5.55. The molecule has 1 aromatic rings. The molecule has 6 nitrogen and oxygen atoms in total. The fourth-order valence-corrected chi connectivity index (χ4v) is 2.37. The van der Waals surface area contributed by atoms with Gasteiger partial charge in [0.1, 0.15) is 0 Å². The molecule has 0 aromatic heterocycles. The lowest BCUT2D eigenvalue weighted by molar-refractivity contribution is -0.119. The second kappa shape index (κ2) is 6.48. The number of nitrogens with one attached hydrogen (secondary N) is 2. The molecule has 1 aromatic carbocycles. The van der Waals surface area contributed by atoms with Crippen molar-refractivity contribution in [3.8, 4) is 0 Å². The highest BCUT2D eigenvalue weighted by Crippen LogP contribution is 2.10. The molecule has 18 heavy (non-hydrogen) atoms. The summed E-state index contributed by atoms with van der Waals surface area (Å²) in [7, 11) is -3.42. The van der Waals surface area contributed by atoms with Gasteiger partial charge < -0.3 is 11.1 Å². The zero-order valence-corrected chi connectivity index (χ0v) is 11.0. The number of carbonyl (C=O) groups excluding carboxylic acids is 1. The Morgan fingerprint density at radius 1 is 1.28 bits per heavy atom. The first kappa shape index (κ1) is 14.6. The summed E-state index contributed by atoms with van der Waals surface area (Å²) in [6, 6.07) is 6.31. The number of nitrogens with two attached hydrogens (primary N) is 1. The minimum absolute atomic E-state index is 0.0626. The standard InChI is InChI=1S/C11H17N3O3S/c1-2-14-18(16,17)10-5-3-9(4-6-10)8-13-11(15)7-12/h3-6,14H,2,7-8,12H2,1H3,(H,13,15). The van der Waals surface area contributed by atoms with E-state index in [-0.39, 0.29) is 17.3 Å². The minimum atomic E-state index is -3.42. The second-order valence-corrected chi connectivity index (χ2v) is 5.39. The maximum Gasteiger partial charge on any atom is 0.240 e. The molecule has 0 unspecified atom stereocenters. The smallest absolute Gasteiger partial charge is 0.240 e. The molecule has 0 saturated heterocycles. The molecule has 0 bridgehead atoms. The maximum absolute atomic E-state index is 11.7. The zero-order valence-electron chi connectivity index (χ0n) is 10.1. The molecular weight excluding hydrogens is 254 g/mol. The highest BCUT2D eigenvalue weighted by atomic mass is 32.2. The molecule has 0 aliphatic heterocycles. The first-order valence-corrected chi connectivity index (χ1v) is 7.03. The fraction of sp³-hybridized carbons (Fsp3) is 0.364. The van der Waals surface area contributed by atoms with Crippen molar-refractivity contribution >= 4 is 15.9 Å². The van der Waals surface area contributed by atoms with Crippen molar-refractivity contribution in [1.29, 1.82) is 0 Å².